The first-order valence-corrected chi connectivity index (χ1v) is 11.1. The molecule has 2 atom stereocenters. The fraction of sp³-hybridized carbons (Fsp3) is 0.708. The molecule has 2 aliphatic rings. The van der Waals surface area contributed by atoms with Gasteiger partial charge in [-0.3, -0.25) is 9.69 Å². The summed E-state index contributed by atoms with van der Waals surface area (Å²) in [5.74, 6) is 0.799. The van der Waals surface area contributed by atoms with Crippen molar-refractivity contribution in [1.82, 2.24) is 10.2 Å². The average Bonchev–Trinajstić information content (AvgIpc) is 2.64. The SMILES string of the molecule is Cc1cccc(N2CCN(CC(=O)N[C@@H]3CCCC[C@@H]3C(C)(C)C)CC2)c1C. The summed E-state index contributed by atoms with van der Waals surface area (Å²) < 4.78 is 0. The molecule has 0 unspecified atom stereocenters. The molecule has 1 heterocycles. The molecule has 3 rings (SSSR count). The molecule has 1 aromatic carbocycles. The molecule has 4 nitrogen and oxygen atoms in total. The topological polar surface area (TPSA) is 35.6 Å². The highest BCUT2D eigenvalue weighted by atomic mass is 16.2. The highest BCUT2D eigenvalue weighted by Gasteiger charge is 2.35. The Labute approximate surface area is 171 Å². The number of rotatable bonds is 4. The van der Waals surface area contributed by atoms with Crippen LogP contribution in [0.3, 0.4) is 0 Å². The van der Waals surface area contributed by atoms with Crippen LogP contribution in [-0.4, -0.2) is 49.6 Å². The van der Waals surface area contributed by atoms with E-state index in [4.69, 9.17) is 0 Å². The van der Waals surface area contributed by atoms with Crippen LogP contribution in [0.4, 0.5) is 5.69 Å². The molecular weight excluding hydrogens is 346 g/mol. The van der Waals surface area contributed by atoms with Gasteiger partial charge in [-0.25, -0.2) is 0 Å². The van der Waals surface area contributed by atoms with E-state index in [1.165, 1.54) is 36.1 Å². The van der Waals surface area contributed by atoms with Gasteiger partial charge in [-0.1, -0.05) is 45.7 Å². The van der Waals surface area contributed by atoms with Crippen LogP contribution < -0.4 is 10.2 Å². The predicted octanol–water partition coefficient (Wildman–Crippen LogP) is 4.15. The molecule has 1 aliphatic heterocycles. The number of nitrogens with zero attached hydrogens (tertiary/aromatic N) is 2. The lowest BCUT2D eigenvalue weighted by molar-refractivity contribution is -0.124. The molecule has 1 saturated heterocycles. The zero-order valence-corrected chi connectivity index (χ0v) is 18.6. The molecular formula is C24H39N3O. The van der Waals surface area contributed by atoms with E-state index in [9.17, 15) is 4.79 Å². The maximum Gasteiger partial charge on any atom is 0.234 e. The predicted molar refractivity (Wildman–Crippen MR) is 118 cm³/mol. The molecule has 0 aromatic heterocycles. The third-order valence-electron chi connectivity index (χ3n) is 6.88. The first kappa shape index (κ1) is 21.2. The highest BCUT2D eigenvalue weighted by molar-refractivity contribution is 5.78. The Morgan fingerprint density at radius 1 is 1.07 bits per heavy atom. The Kier molecular flexibility index (Phi) is 6.69. The molecule has 1 aromatic rings. The normalized spacial score (nSPS) is 24.2. The number of piperazine rings is 1. The van der Waals surface area contributed by atoms with Gasteiger partial charge >= 0.3 is 0 Å². The zero-order chi connectivity index (χ0) is 20.3. The molecule has 1 aliphatic carbocycles. The molecule has 0 bridgehead atoms. The van der Waals surface area contributed by atoms with E-state index in [1.807, 2.05) is 0 Å². The maximum absolute atomic E-state index is 12.7. The van der Waals surface area contributed by atoms with Crippen LogP contribution in [0.5, 0.6) is 0 Å². The number of amides is 1. The van der Waals surface area contributed by atoms with Gasteiger partial charge < -0.3 is 10.2 Å². The van der Waals surface area contributed by atoms with Gasteiger partial charge in [0, 0.05) is 37.9 Å². The minimum atomic E-state index is 0.210. The van der Waals surface area contributed by atoms with Crippen molar-refractivity contribution in [2.45, 2.75) is 66.3 Å². The monoisotopic (exact) mass is 385 g/mol. The lowest BCUT2D eigenvalue weighted by Gasteiger charge is -2.41. The summed E-state index contributed by atoms with van der Waals surface area (Å²) in [6.45, 7) is 15.8. The van der Waals surface area contributed by atoms with Crippen molar-refractivity contribution in [2.24, 2.45) is 11.3 Å². The summed E-state index contributed by atoms with van der Waals surface area (Å²) >= 11 is 0. The van der Waals surface area contributed by atoms with Gasteiger partial charge in [-0.2, -0.15) is 0 Å². The number of carbonyl (C=O) groups excluding carboxylic acids is 1. The molecule has 28 heavy (non-hydrogen) atoms. The van der Waals surface area contributed by atoms with Crippen molar-refractivity contribution in [3.8, 4) is 0 Å². The van der Waals surface area contributed by atoms with Gasteiger partial charge in [0.05, 0.1) is 6.54 Å². The number of carbonyl (C=O) groups is 1. The first-order chi connectivity index (χ1) is 13.3. The van der Waals surface area contributed by atoms with Gasteiger partial charge in [0.15, 0.2) is 0 Å². The van der Waals surface area contributed by atoms with Crippen molar-refractivity contribution in [1.29, 1.82) is 0 Å². The summed E-state index contributed by atoms with van der Waals surface area (Å²) in [6, 6.07) is 6.89. The Morgan fingerprint density at radius 2 is 1.75 bits per heavy atom. The lowest BCUT2D eigenvalue weighted by atomic mass is 9.69. The van der Waals surface area contributed by atoms with E-state index in [1.54, 1.807) is 0 Å². The minimum absolute atomic E-state index is 0.210. The van der Waals surface area contributed by atoms with Crippen LogP contribution in [0.15, 0.2) is 18.2 Å². The van der Waals surface area contributed by atoms with Gasteiger partial charge in [0.1, 0.15) is 0 Å². The summed E-state index contributed by atoms with van der Waals surface area (Å²) in [7, 11) is 0. The Morgan fingerprint density at radius 3 is 2.43 bits per heavy atom. The molecule has 1 amide bonds. The zero-order valence-electron chi connectivity index (χ0n) is 18.6. The largest absolute Gasteiger partial charge is 0.369 e. The van der Waals surface area contributed by atoms with Crippen LogP contribution in [-0.2, 0) is 4.79 Å². The van der Waals surface area contributed by atoms with E-state index in [0.717, 1.165) is 32.6 Å². The second kappa shape index (κ2) is 8.86. The van der Waals surface area contributed by atoms with Gasteiger partial charge in [-0.15, -0.1) is 0 Å². The minimum Gasteiger partial charge on any atom is -0.369 e. The molecule has 4 heteroatoms. The second-order valence-electron chi connectivity index (χ2n) is 9.91. The highest BCUT2D eigenvalue weighted by Crippen LogP contribution is 2.38. The van der Waals surface area contributed by atoms with Crippen LogP contribution in [0.2, 0.25) is 0 Å². The fourth-order valence-corrected chi connectivity index (χ4v) is 5.02. The summed E-state index contributed by atoms with van der Waals surface area (Å²) in [5.41, 5.74) is 4.33. The maximum atomic E-state index is 12.7. The van der Waals surface area contributed by atoms with Crippen LogP contribution in [0, 0.1) is 25.2 Å². The average molecular weight is 386 g/mol. The summed E-state index contributed by atoms with van der Waals surface area (Å²) in [5, 5.41) is 3.39. The quantitative estimate of drug-likeness (QED) is 0.846. The molecule has 1 saturated carbocycles. The summed E-state index contributed by atoms with van der Waals surface area (Å²) in [6.07, 6.45) is 4.91. The number of anilines is 1. The molecule has 156 valence electrons. The third-order valence-corrected chi connectivity index (χ3v) is 6.88. The van der Waals surface area contributed by atoms with Crippen molar-refractivity contribution < 1.29 is 4.79 Å². The van der Waals surface area contributed by atoms with Crippen LogP contribution in [0.1, 0.15) is 57.6 Å². The number of hydrogen-bond acceptors (Lipinski definition) is 3. The van der Waals surface area contributed by atoms with Gasteiger partial charge in [0.2, 0.25) is 5.91 Å². The molecule has 2 fully saturated rings. The van der Waals surface area contributed by atoms with E-state index < -0.39 is 0 Å². The Balaban J connectivity index is 1.50. The van der Waals surface area contributed by atoms with E-state index in [2.05, 4.69) is 67.9 Å². The van der Waals surface area contributed by atoms with E-state index in [0.29, 0.717) is 18.5 Å². The molecule has 0 radical (unpaired) electrons. The molecule has 1 N–H and O–H groups in total. The molecule has 0 spiro atoms. The number of aryl methyl sites for hydroxylation is 1. The number of benzene rings is 1. The van der Waals surface area contributed by atoms with E-state index >= 15 is 0 Å². The van der Waals surface area contributed by atoms with Crippen molar-refractivity contribution in [3.63, 3.8) is 0 Å². The Bertz CT molecular complexity index is 671. The number of nitrogens with one attached hydrogen (secondary N) is 1. The lowest BCUT2D eigenvalue weighted by Crippen LogP contribution is -2.52. The fourth-order valence-electron chi connectivity index (χ4n) is 5.02. The Hall–Kier alpha value is -1.55. The van der Waals surface area contributed by atoms with Gasteiger partial charge in [-0.05, 0) is 55.2 Å². The van der Waals surface area contributed by atoms with Crippen molar-refractivity contribution >= 4 is 11.6 Å². The third kappa shape index (κ3) is 5.08. The van der Waals surface area contributed by atoms with Gasteiger partial charge in [0.25, 0.3) is 0 Å². The van der Waals surface area contributed by atoms with E-state index in [-0.39, 0.29) is 11.3 Å². The summed E-state index contributed by atoms with van der Waals surface area (Å²) in [4.78, 5) is 17.5. The van der Waals surface area contributed by atoms with Crippen LogP contribution in [0.25, 0.3) is 0 Å². The van der Waals surface area contributed by atoms with Crippen LogP contribution >= 0.6 is 0 Å². The van der Waals surface area contributed by atoms with Crippen molar-refractivity contribution in [2.75, 3.05) is 37.6 Å². The standard InChI is InChI=1S/C24H39N3O/c1-18-9-8-12-22(19(18)2)27-15-13-26(14-16-27)17-23(28)25-21-11-7-6-10-20(21)24(3,4)5/h8-9,12,20-21H,6-7,10-11,13-17H2,1-5H3,(H,25,28)/t20-,21+/m0/s1. The smallest absolute Gasteiger partial charge is 0.234 e. The number of hydrogen-bond donors (Lipinski definition) is 1. The second-order valence-corrected chi connectivity index (χ2v) is 9.91. The van der Waals surface area contributed by atoms with Crippen molar-refractivity contribution in [3.05, 3.63) is 29.3 Å². The first-order valence-electron chi connectivity index (χ1n) is 11.1.